The Kier molecular flexibility index (Phi) is 8.73. The molecule has 0 spiro atoms. The predicted octanol–water partition coefficient (Wildman–Crippen LogP) is 3.31. The molecule has 0 fully saturated rings. The van der Waals surface area contributed by atoms with Gasteiger partial charge in [0, 0.05) is 18.6 Å². The SMILES string of the molecule is CC[C@@H](C(=O)NC)N(Cc1ccccc1)C(=O)CN(c1ccc(Cl)cc1Cl)S(C)(=O)=O. The fraction of sp³-hybridized carbons (Fsp3) is 0.333. The molecule has 0 heterocycles. The van der Waals surface area contributed by atoms with E-state index in [1.165, 1.54) is 30.1 Å². The lowest BCUT2D eigenvalue weighted by Gasteiger charge is -2.32. The van der Waals surface area contributed by atoms with Crippen molar-refractivity contribution in [2.75, 3.05) is 24.2 Å². The Morgan fingerprint density at radius 3 is 2.26 bits per heavy atom. The van der Waals surface area contributed by atoms with E-state index in [0.29, 0.717) is 11.4 Å². The van der Waals surface area contributed by atoms with E-state index in [1.54, 1.807) is 6.92 Å². The van der Waals surface area contributed by atoms with Crippen LogP contribution in [0, 0.1) is 0 Å². The fourth-order valence-electron chi connectivity index (χ4n) is 3.14. The van der Waals surface area contributed by atoms with Gasteiger partial charge in [-0.15, -0.1) is 0 Å². The van der Waals surface area contributed by atoms with Gasteiger partial charge in [-0.2, -0.15) is 0 Å². The normalized spacial score (nSPS) is 12.2. The van der Waals surface area contributed by atoms with Gasteiger partial charge in [0.15, 0.2) is 0 Å². The van der Waals surface area contributed by atoms with Crippen molar-refractivity contribution in [1.29, 1.82) is 0 Å². The van der Waals surface area contributed by atoms with E-state index in [9.17, 15) is 18.0 Å². The lowest BCUT2D eigenvalue weighted by atomic mass is 10.1. The van der Waals surface area contributed by atoms with Crippen molar-refractivity contribution >= 4 is 50.7 Å². The zero-order chi connectivity index (χ0) is 23.2. The van der Waals surface area contributed by atoms with Crippen LogP contribution in [0.1, 0.15) is 18.9 Å². The average Bonchev–Trinajstić information content (AvgIpc) is 2.72. The minimum atomic E-state index is -3.86. The molecule has 0 bridgehead atoms. The van der Waals surface area contributed by atoms with E-state index >= 15 is 0 Å². The van der Waals surface area contributed by atoms with Crippen LogP contribution in [0.3, 0.4) is 0 Å². The fourth-order valence-corrected chi connectivity index (χ4v) is 4.57. The average molecular weight is 486 g/mol. The standard InChI is InChI=1S/C21H25Cl2N3O4S/c1-4-18(21(28)24-2)25(13-15-8-6-5-7-9-15)20(27)14-26(31(3,29)30)19-11-10-16(22)12-17(19)23/h5-12,18H,4,13-14H2,1-3H3,(H,24,28)/t18-/m0/s1. The van der Waals surface area contributed by atoms with Crippen molar-refractivity contribution < 1.29 is 18.0 Å². The molecule has 2 aromatic carbocycles. The highest BCUT2D eigenvalue weighted by molar-refractivity contribution is 7.92. The summed E-state index contributed by atoms with van der Waals surface area (Å²) in [4.78, 5) is 27.2. The monoisotopic (exact) mass is 485 g/mol. The van der Waals surface area contributed by atoms with E-state index in [0.717, 1.165) is 16.1 Å². The van der Waals surface area contributed by atoms with Crippen LogP contribution in [-0.4, -0.2) is 51.0 Å². The quantitative estimate of drug-likeness (QED) is 0.589. The second kappa shape index (κ2) is 10.8. The summed E-state index contributed by atoms with van der Waals surface area (Å²) in [5.74, 6) is -0.863. The van der Waals surface area contributed by atoms with Gasteiger partial charge in [0.05, 0.1) is 17.0 Å². The van der Waals surface area contributed by atoms with Crippen molar-refractivity contribution in [2.45, 2.75) is 25.9 Å². The summed E-state index contributed by atoms with van der Waals surface area (Å²) >= 11 is 12.1. The zero-order valence-electron chi connectivity index (χ0n) is 17.5. The van der Waals surface area contributed by atoms with Gasteiger partial charge in [0.2, 0.25) is 21.8 Å². The van der Waals surface area contributed by atoms with Crippen molar-refractivity contribution in [2.24, 2.45) is 0 Å². The van der Waals surface area contributed by atoms with Gasteiger partial charge >= 0.3 is 0 Å². The van der Waals surface area contributed by atoms with Crippen LogP contribution >= 0.6 is 23.2 Å². The first kappa shape index (κ1) is 25.0. The van der Waals surface area contributed by atoms with E-state index in [4.69, 9.17) is 23.2 Å². The number of nitrogens with one attached hydrogen (secondary N) is 1. The molecule has 0 unspecified atom stereocenters. The van der Waals surface area contributed by atoms with Gasteiger partial charge < -0.3 is 10.2 Å². The zero-order valence-corrected chi connectivity index (χ0v) is 19.8. The molecule has 2 aromatic rings. The summed E-state index contributed by atoms with van der Waals surface area (Å²) in [5, 5.41) is 3.00. The van der Waals surface area contributed by atoms with Crippen LogP contribution in [-0.2, 0) is 26.2 Å². The number of carbonyl (C=O) groups is 2. The number of sulfonamides is 1. The molecule has 0 aliphatic heterocycles. The number of hydrogen-bond acceptors (Lipinski definition) is 4. The van der Waals surface area contributed by atoms with E-state index in [2.05, 4.69) is 5.32 Å². The number of anilines is 1. The van der Waals surface area contributed by atoms with Crippen LogP contribution in [0.15, 0.2) is 48.5 Å². The first-order valence-corrected chi connectivity index (χ1v) is 12.2. The third kappa shape index (κ3) is 6.59. The Morgan fingerprint density at radius 1 is 1.10 bits per heavy atom. The Labute approximate surface area is 193 Å². The van der Waals surface area contributed by atoms with Gasteiger partial charge in [0.25, 0.3) is 0 Å². The lowest BCUT2D eigenvalue weighted by molar-refractivity contribution is -0.140. The Bertz CT molecular complexity index is 1030. The minimum absolute atomic E-state index is 0.0960. The van der Waals surface area contributed by atoms with Crippen molar-refractivity contribution in [3.05, 3.63) is 64.1 Å². The number of carbonyl (C=O) groups excluding carboxylic acids is 2. The minimum Gasteiger partial charge on any atom is -0.357 e. The number of likely N-dealkylation sites (N-methyl/N-ethyl adjacent to an activating group) is 1. The van der Waals surface area contributed by atoms with Crippen molar-refractivity contribution in [3.8, 4) is 0 Å². The number of amides is 2. The van der Waals surface area contributed by atoms with Gasteiger partial charge in [-0.05, 0) is 30.2 Å². The van der Waals surface area contributed by atoms with Crippen molar-refractivity contribution in [3.63, 3.8) is 0 Å². The predicted molar refractivity (Wildman–Crippen MR) is 124 cm³/mol. The lowest BCUT2D eigenvalue weighted by Crippen LogP contribution is -2.51. The highest BCUT2D eigenvalue weighted by Crippen LogP contribution is 2.30. The summed E-state index contributed by atoms with van der Waals surface area (Å²) in [7, 11) is -2.36. The first-order chi connectivity index (χ1) is 14.6. The molecular formula is C21H25Cl2N3O4S. The summed E-state index contributed by atoms with van der Waals surface area (Å²) in [5.41, 5.74) is 0.947. The van der Waals surface area contributed by atoms with E-state index in [1.807, 2.05) is 30.3 Å². The molecule has 7 nitrogen and oxygen atoms in total. The molecule has 1 atom stereocenters. The molecule has 1 N–H and O–H groups in total. The molecule has 0 saturated heterocycles. The number of halogens is 2. The number of benzene rings is 2. The maximum absolute atomic E-state index is 13.3. The van der Waals surface area contributed by atoms with E-state index < -0.39 is 28.5 Å². The molecule has 0 radical (unpaired) electrons. The molecule has 31 heavy (non-hydrogen) atoms. The first-order valence-electron chi connectivity index (χ1n) is 9.56. The summed E-state index contributed by atoms with van der Waals surface area (Å²) < 4.78 is 25.9. The molecule has 0 aromatic heterocycles. The highest BCUT2D eigenvalue weighted by Gasteiger charge is 2.31. The summed E-state index contributed by atoms with van der Waals surface area (Å²) in [6.45, 7) is 1.42. The molecule has 0 aliphatic carbocycles. The smallest absolute Gasteiger partial charge is 0.244 e. The van der Waals surface area contributed by atoms with Crippen LogP contribution in [0.5, 0.6) is 0 Å². The summed E-state index contributed by atoms with van der Waals surface area (Å²) in [6.07, 6.45) is 1.35. The highest BCUT2D eigenvalue weighted by atomic mass is 35.5. The van der Waals surface area contributed by atoms with Gasteiger partial charge in [-0.25, -0.2) is 8.42 Å². The molecule has 168 valence electrons. The molecule has 10 heteroatoms. The van der Waals surface area contributed by atoms with Crippen LogP contribution in [0.25, 0.3) is 0 Å². The molecule has 0 aliphatic rings. The molecule has 2 rings (SSSR count). The second-order valence-electron chi connectivity index (χ2n) is 6.91. The Morgan fingerprint density at radius 2 is 1.74 bits per heavy atom. The van der Waals surface area contributed by atoms with Gasteiger partial charge in [-0.3, -0.25) is 13.9 Å². The van der Waals surface area contributed by atoms with Crippen molar-refractivity contribution in [1.82, 2.24) is 10.2 Å². The molecule has 2 amide bonds. The molecule has 0 saturated carbocycles. The van der Waals surface area contributed by atoms with Crippen LogP contribution in [0.2, 0.25) is 10.0 Å². The topological polar surface area (TPSA) is 86.8 Å². The van der Waals surface area contributed by atoms with E-state index in [-0.39, 0.29) is 23.2 Å². The van der Waals surface area contributed by atoms with Crippen LogP contribution < -0.4 is 9.62 Å². The van der Waals surface area contributed by atoms with Crippen LogP contribution in [0.4, 0.5) is 5.69 Å². The number of hydrogen-bond donors (Lipinski definition) is 1. The third-order valence-corrected chi connectivity index (χ3v) is 6.35. The third-order valence-electron chi connectivity index (χ3n) is 4.69. The number of nitrogens with zero attached hydrogens (tertiary/aromatic N) is 2. The second-order valence-corrected chi connectivity index (χ2v) is 9.66. The molecular weight excluding hydrogens is 461 g/mol. The maximum atomic E-state index is 13.3. The maximum Gasteiger partial charge on any atom is 0.244 e. The summed E-state index contributed by atoms with van der Waals surface area (Å²) in [6, 6.07) is 12.7. The Hall–Kier alpha value is -2.29. The van der Waals surface area contributed by atoms with Gasteiger partial charge in [0.1, 0.15) is 12.6 Å². The largest absolute Gasteiger partial charge is 0.357 e. The number of rotatable bonds is 9. The van der Waals surface area contributed by atoms with Gasteiger partial charge in [-0.1, -0.05) is 60.5 Å². The Balaban J connectivity index is 2.44.